The van der Waals surface area contributed by atoms with Gasteiger partial charge >= 0.3 is 5.69 Å². The Bertz CT molecular complexity index is 998. The zero-order chi connectivity index (χ0) is 18.1. The highest BCUT2D eigenvalue weighted by atomic mass is 16.5. The normalized spacial score (nSPS) is 14.5. The Kier molecular flexibility index (Phi) is 4.31. The van der Waals surface area contributed by atoms with Crippen LogP contribution in [0.4, 0.5) is 5.82 Å². The molecule has 1 aromatic carbocycles. The van der Waals surface area contributed by atoms with E-state index in [1.54, 1.807) is 25.3 Å². The molecule has 130 valence electrons. The lowest BCUT2D eigenvalue weighted by Gasteiger charge is -2.11. The molecule has 1 aromatic heterocycles. The van der Waals surface area contributed by atoms with Crippen LogP contribution in [0.2, 0.25) is 0 Å². The minimum Gasteiger partial charge on any atom is -0.497 e. The molecule has 0 aliphatic carbocycles. The standard InChI is InChI=1S/C18H19N3O4/c1-4-8-21-16-14(17(23)20(2)18(21)24)15(22)13(19-16)10-11-6-5-7-12(9-11)25-3/h5-7,9-10,19H,4,8H2,1-3H3/b13-10-. The molecule has 7 nitrogen and oxygen atoms in total. The Hall–Kier alpha value is -3.09. The zero-order valence-electron chi connectivity index (χ0n) is 14.3. The van der Waals surface area contributed by atoms with Gasteiger partial charge in [-0.25, -0.2) is 4.79 Å². The molecule has 0 radical (unpaired) electrons. The highest BCUT2D eigenvalue weighted by molar-refractivity contribution is 6.19. The highest BCUT2D eigenvalue weighted by Crippen LogP contribution is 2.26. The van der Waals surface area contributed by atoms with Gasteiger partial charge in [-0.1, -0.05) is 19.1 Å². The van der Waals surface area contributed by atoms with Crippen molar-refractivity contribution in [2.24, 2.45) is 7.05 Å². The van der Waals surface area contributed by atoms with Crippen LogP contribution in [0.3, 0.4) is 0 Å². The number of allylic oxidation sites excluding steroid dienone is 1. The average Bonchev–Trinajstić information content (AvgIpc) is 2.93. The molecule has 0 spiro atoms. The number of methoxy groups -OCH3 is 1. The number of aromatic nitrogens is 2. The van der Waals surface area contributed by atoms with Gasteiger partial charge in [0.25, 0.3) is 5.56 Å². The van der Waals surface area contributed by atoms with Gasteiger partial charge < -0.3 is 10.1 Å². The van der Waals surface area contributed by atoms with E-state index >= 15 is 0 Å². The Morgan fingerprint density at radius 1 is 1.24 bits per heavy atom. The van der Waals surface area contributed by atoms with Crippen LogP contribution >= 0.6 is 0 Å². The molecule has 0 saturated heterocycles. The number of ketones is 1. The van der Waals surface area contributed by atoms with Crippen molar-refractivity contribution in [1.29, 1.82) is 0 Å². The van der Waals surface area contributed by atoms with Crippen molar-refractivity contribution in [3.63, 3.8) is 0 Å². The number of hydrogen-bond acceptors (Lipinski definition) is 5. The number of nitrogens with zero attached hydrogens (tertiary/aromatic N) is 2. The van der Waals surface area contributed by atoms with Gasteiger partial charge in [0.2, 0.25) is 5.78 Å². The van der Waals surface area contributed by atoms with Gasteiger partial charge in [-0.05, 0) is 30.2 Å². The Morgan fingerprint density at radius 3 is 2.68 bits per heavy atom. The quantitative estimate of drug-likeness (QED) is 0.855. The number of Topliss-reactive ketones (excluding diaryl/α,β-unsaturated/α-hetero) is 1. The van der Waals surface area contributed by atoms with Crippen LogP contribution in [0.15, 0.2) is 39.6 Å². The lowest BCUT2D eigenvalue weighted by atomic mass is 10.1. The van der Waals surface area contributed by atoms with Crippen LogP contribution < -0.4 is 21.3 Å². The van der Waals surface area contributed by atoms with E-state index < -0.39 is 17.0 Å². The smallest absolute Gasteiger partial charge is 0.332 e. The van der Waals surface area contributed by atoms with E-state index in [1.807, 2.05) is 19.1 Å². The summed E-state index contributed by atoms with van der Waals surface area (Å²) in [6.07, 6.45) is 2.35. The minimum absolute atomic E-state index is 0.00435. The second-order valence-electron chi connectivity index (χ2n) is 5.81. The SMILES string of the molecule is CCCn1c2c(c(=O)n(C)c1=O)C(=O)/C(=C/c1cccc(OC)c1)N2. The van der Waals surface area contributed by atoms with Crippen LogP contribution in [-0.4, -0.2) is 22.0 Å². The molecule has 0 amide bonds. The van der Waals surface area contributed by atoms with Gasteiger partial charge in [-0.15, -0.1) is 0 Å². The third-order valence-corrected chi connectivity index (χ3v) is 4.12. The third kappa shape index (κ3) is 2.77. The van der Waals surface area contributed by atoms with Crippen molar-refractivity contribution in [1.82, 2.24) is 9.13 Å². The van der Waals surface area contributed by atoms with E-state index in [0.717, 1.165) is 10.1 Å². The monoisotopic (exact) mass is 341 g/mol. The fourth-order valence-corrected chi connectivity index (χ4v) is 2.85. The summed E-state index contributed by atoms with van der Waals surface area (Å²) < 4.78 is 7.58. The van der Waals surface area contributed by atoms with Gasteiger partial charge in [-0.3, -0.25) is 18.7 Å². The van der Waals surface area contributed by atoms with E-state index in [4.69, 9.17) is 4.74 Å². The molecule has 1 N–H and O–H groups in total. The van der Waals surface area contributed by atoms with Gasteiger partial charge in [-0.2, -0.15) is 0 Å². The summed E-state index contributed by atoms with van der Waals surface area (Å²) in [5.41, 5.74) is -0.00264. The van der Waals surface area contributed by atoms with Crippen LogP contribution in [0.25, 0.3) is 6.08 Å². The van der Waals surface area contributed by atoms with Crippen LogP contribution in [0.5, 0.6) is 5.75 Å². The number of ether oxygens (including phenoxy) is 1. The molecular formula is C18H19N3O4. The van der Waals surface area contributed by atoms with Crippen molar-refractivity contribution >= 4 is 17.7 Å². The molecule has 0 unspecified atom stereocenters. The molecule has 2 heterocycles. The topological polar surface area (TPSA) is 82.3 Å². The van der Waals surface area contributed by atoms with E-state index in [1.165, 1.54) is 11.6 Å². The first-order valence-corrected chi connectivity index (χ1v) is 7.99. The van der Waals surface area contributed by atoms with Crippen molar-refractivity contribution in [3.05, 3.63) is 61.9 Å². The van der Waals surface area contributed by atoms with Gasteiger partial charge in [0.05, 0.1) is 12.8 Å². The molecule has 3 rings (SSSR count). The van der Waals surface area contributed by atoms with Crippen molar-refractivity contribution in [3.8, 4) is 5.75 Å². The summed E-state index contributed by atoms with van der Waals surface area (Å²) >= 11 is 0. The molecule has 7 heteroatoms. The molecule has 2 aromatic rings. The van der Waals surface area contributed by atoms with E-state index in [9.17, 15) is 14.4 Å². The number of fused-ring (bicyclic) bond motifs is 1. The zero-order valence-corrected chi connectivity index (χ0v) is 14.3. The number of anilines is 1. The largest absolute Gasteiger partial charge is 0.497 e. The number of hydrogen-bond donors (Lipinski definition) is 1. The van der Waals surface area contributed by atoms with Crippen LogP contribution in [0.1, 0.15) is 29.3 Å². The fraction of sp³-hybridized carbons (Fsp3) is 0.278. The highest BCUT2D eigenvalue weighted by Gasteiger charge is 2.32. The summed E-state index contributed by atoms with van der Waals surface area (Å²) in [5, 5.41) is 2.95. The molecule has 0 saturated carbocycles. The van der Waals surface area contributed by atoms with Crippen LogP contribution in [-0.2, 0) is 13.6 Å². The molecule has 0 atom stereocenters. The first-order chi connectivity index (χ1) is 12.0. The molecular weight excluding hydrogens is 322 g/mol. The number of carbonyl (C=O) groups is 1. The fourth-order valence-electron chi connectivity index (χ4n) is 2.85. The average molecular weight is 341 g/mol. The summed E-state index contributed by atoms with van der Waals surface area (Å²) in [4.78, 5) is 37.4. The minimum atomic E-state index is -0.584. The Labute approximate surface area is 144 Å². The van der Waals surface area contributed by atoms with E-state index in [-0.39, 0.29) is 17.1 Å². The first kappa shape index (κ1) is 16.8. The number of benzene rings is 1. The summed E-state index contributed by atoms with van der Waals surface area (Å²) in [6, 6.07) is 7.21. The second kappa shape index (κ2) is 6.43. The lowest BCUT2D eigenvalue weighted by molar-refractivity contribution is 0.104. The molecule has 1 aliphatic heterocycles. The van der Waals surface area contributed by atoms with Crippen molar-refractivity contribution in [2.75, 3.05) is 12.4 Å². The number of rotatable bonds is 4. The van der Waals surface area contributed by atoms with Crippen molar-refractivity contribution < 1.29 is 9.53 Å². The number of carbonyl (C=O) groups excluding carboxylic acids is 1. The van der Waals surface area contributed by atoms with Gasteiger partial charge in [0.15, 0.2) is 0 Å². The van der Waals surface area contributed by atoms with Crippen LogP contribution in [0, 0.1) is 0 Å². The predicted octanol–water partition coefficient (Wildman–Crippen LogP) is 1.61. The lowest BCUT2D eigenvalue weighted by Crippen LogP contribution is -2.40. The maximum Gasteiger partial charge on any atom is 0.332 e. The predicted molar refractivity (Wildman–Crippen MR) is 95.2 cm³/mol. The first-order valence-electron chi connectivity index (χ1n) is 7.99. The molecule has 1 aliphatic rings. The van der Waals surface area contributed by atoms with E-state index in [2.05, 4.69) is 5.32 Å². The van der Waals surface area contributed by atoms with Crippen molar-refractivity contribution in [2.45, 2.75) is 19.9 Å². The number of nitrogens with one attached hydrogen (secondary N) is 1. The molecule has 0 bridgehead atoms. The van der Waals surface area contributed by atoms with E-state index in [0.29, 0.717) is 18.7 Å². The third-order valence-electron chi connectivity index (χ3n) is 4.12. The summed E-state index contributed by atoms with van der Waals surface area (Å²) in [6.45, 7) is 2.34. The summed E-state index contributed by atoms with van der Waals surface area (Å²) in [7, 11) is 2.95. The van der Waals surface area contributed by atoms with Gasteiger partial charge in [0, 0.05) is 13.6 Å². The molecule has 25 heavy (non-hydrogen) atoms. The molecule has 0 fully saturated rings. The second-order valence-corrected chi connectivity index (χ2v) is 5.81. The maximum absolute atomic E-state index is 12.7. The Balaban J connectivity index is 2.13. The Morgan fingerprint density at radius 2 is 2.00 bits per heavy atom. The van der Waals surface area contributed by atoms with Gasteiger partial charge in [0.1, 0.15) is 17.1 Å². The summed E-state index contributed by atoms with van der Waals surface area (Å²) in [5.74, 6) is 0.522. The maximum atomic E-state index is 12.7.